The van der Waals surface area contributed by atoms with Crippen LogP contribution in [-0.2, 0) is 19.3 Å². The first-order valence-corrected chi connectivity index (χ1v) is 15.9. The summed E-state index contributed by atoms with van der Waals surface area (Å²) in [6, 6.07) is 32.6. The molecule has 208 valence electrons. The van der Waals surface area contributed by atoms with Gasteiger partial charge in [-0.2, -0.15) is 0 Å². The first-order chi connectivity index (χ1) is 20.2. The molecule has 0 bridgehead atoms. The Bertz CT molecular complexity index is 1550. The normalized spacial score (nSPS) is 17.8. The van der Waals surface area contributed by atoms with Gasteiger partial charge in [-0.15, -0.1) is 24.3 Å². The Hall–Kier alpha value is -4.08. The van der Waals surface area contributed by atoms with Gasteiger partial charge in [0.15, 0.2) is 0 Å². The van der Waals surface area contributed by atoms with Crippen LogP contribution in [0.3, 0.4) is 0 Å². The Kier molecular flexibility index (Phi) is 9.38. The molecule has 5 rings (SSSR count). The monoisotopic (exact) mass is 582 g/mol. The number of benzene rings is 4. The van der Waals surface area contributed by atoms with E-state index in [-0.39, 0.29) is 0 Å². The molecule has 0 radical (unpaired) electrons. The van der Waals surface area contributed by atoms with E-state index in [0.717, 1.165) is 23.1 Å². The van der Waals surface area contributed by atoms with Crippen LogP contribution in [0, 0.1) is 0 Å². The van der Waals surface area contributed by atoms with E-state index in [2.05, 4.69) is 25.8 Å². The molecule has 4 aromatic carbocycles. The van der Waals surface area contributed by atoms with E-state index in [1.165, 1.54) is 0 Å². The van der Waals surface area contributed by atoms with Gasteiger partial charge in [0.05, 0.1) is 0 Å². The van der Waals surface area contributed by atoms with Crippen molar-refractivity contribution in [1.82, 2.24) is 4.60 Å². The van der Waals surface area contributed by atoms with Gasteiger partial charge in [-0.1, -0.05) is 78.9 Å². The highest BCUT2D eigenvalue weighted by atomic mass is 31.3. The minimum Gasteiger partial charge on any atom is -0.437 e. The molecule has 1 aliphatic rings. The highest BCUT2D eigenvalue weighted by Gasteiger charge is 2.56. The SMILES string of the molecule is C=CCc1ccc(OP2(Oc3ccccc3)=NP(Oc3ccccc3)N2Oc2ccccc2)c(CC=C)c1CC=C. The molecule has 0 N–H and O–H groups in total. The molecule has 6 nitrogen and oxygen atoms in total. The Balaban J connectivity index is 1.62. The van der Waals surface area contributed by atoms with Gasteiger partial charge in [0.25, 0.3) is 0 Å². The van der Waals surface area contributed by atoms with Crippen molar-refractivity contribution in [2.24, 2.45) is 4.52 Å². The van der Waals surface area contributed by atoms with Crippen molar-refractivity contribution in [1.29, 1.82) is 0 Å². The lowest BCUT2D eigenvalue weighted by atomic mass is 9.93. The zero-order chi connectivity index (χ0) is 28.5. The molecular formula is C33H32N2O4P2. The minimum absolute atomic E-state index is 0.601. The fraction of sp³-hybridized carbons (Fsp3) is 0.0909. The van der Waals surface area contributed by atoms with Crippen molar-refractivity contribution in [3.8, 4) is 23.0 Å². The van der Waals surface area contributed by atoms with Crippen molar-refractivity contribution in [2.45, 2.75) is 19.3 Å². The van der Waals surface area contributed by atoms with Crippen LogP contribution >= 0.6 is 16.1 Å². The van der Waals surface area contributed by atoms with Gasteiger partial charge in [0, 0.05) is 10.2 Å². The molecule has 8 heteroatoms. The Morgan fingerprint density at radius 2 is 1.20 bits per heavy atom. The maximum Gasteiger partial charge on any atom is 0.447 e. The summed E-state index contributed by atoms with van der Waals surface area (Å²) in [5.41, 5.74) is 3.30. The third kappa shape index (κ3) is 6.64. The number of hydrogen-bond acceptors (Lipinski definition) is 6. The zero-order valence-electron chi connectivity index (χ0n) is 22.7. The Morgan fingerprint density at radius 1 is 0.634 bits per heavy atom. The van der Waals surface area contributed by atoms with E-state index in [9.17, 15) is 0 Å². The summed E-state index contributed by atoms with van der Waals surface area (Å²) in [4.78, 5) is 6.43. The van der Waals surface area contributed by atoms with Gasteiger partial charge < -0.3 is 18.4 Å². The third-order valence-electron chi connectivity index (χ3n) is 6.14. The Morgan fingerprint density at radius 3 is 1.80 bits per heavy atom. The van der Waals surface area contributed by atoms with Gasteiger partial charge in [-0.3, -0.25) is 0 Å². The average molecular weight is 583 g/mol. The number of rotatable bonds is 14. The zero-order valence-corrected chi connectivity index (χ0v) is 24.5. The van der Waals surface area contributed by atoms with Gasteiger partial charge in [0.2, 0.25) is 0 Å². The summed E-state index contributed by atoms with van der Waals surface area (Å²) in [5.74, 6) is 2.56. The van der Waals surface area contributed by atoms with E-state index in [1.54, 1.807) is 4.60 Å². The quantitative estimate of drug-likeness (QED) is 0.109. The number of hydrogen-bond donors (Lipinski definition) is 0. The molecule has 1 heterocycles. The molecule has 0 aliphatic carbocycles. The van der Waals surface area contributed by atoms with Crippen LogP contribution in [0.1, 0.15) is 16.7 Å². The van der Waals surface area contributed by atoms with Crippen LogP contribution in [0.25, 0.3) is 0 Å². The second kappa shape index (κ2) is 13.5. The number of nitrogens with zero attached hydrogens (tertiary/aromatic N) is 2. The second-order valence-electron chi connectivity index (χ2n) is 9.05. The van der Waals surface area contributed by atoms with Crippen molar-refractivity contribution in [2.75, 3.05) is 0 Å². The molecule has 2 unspecified atom stereocenters. The lowest BCUT2D eigenvalue weighted by molar-refractivity contribution is 0.0952. The third-order valence-corrected chi connectivity index (χ3v) is 10.9. The molecule has 0 saturated carbocycles. The summed E-state index contributed by atoms with van der Waals surface area (Å²) in [5, 5.41) is 0. The second-order valence-corrected chi connectivity index (χ2v) is 12.8. The topological polar surface area (TPSA) is 52.5 Å². The van der Waals surface area contributed by atoms with Gasteiger partial charge in [0.1, 0.15) is 23.0 Å². The number of allylic oxidation sites excluding steroid dienone is 3. The fourth-order valence-electron chi connectivity index (χ4n) is 4.31. The van der Waals surface area contributed by atoms with Gasteiger partial charge >= 0.3 is 16.1 Å². The molecule has 0 aromatic heterocycles. The first kappa shape index (κ1) is 28.4. The maximum atomic E-state index is 6.85. The van der Waals surface area contributed by atoms with Crippen LogP contribution < -0.4 is 18.4 Å². The molecular weight excluding hydrogens is 550 g/mol. The van der Waals surface area contributed by atoms with Crippen molar-refractivity contribution in [3.63, 3.8) is 0 Å². The molecule has 4 aromatic rings. The maximum absolute atomic E-state index is 6.85. The van der Waals surface area contributed by atoms with Crippen molar-refractivity contribution in [3.05, 3.63) is 158 Å². The molecule has 1 aliphatic heterocycles. The lowest BCUT2D eigenvalue weighted by Gasteiger charge is -2.41. The predicted molar refractivity (Wildman–Crippen MR) is 168 cm³/mol. The molecule has 0 spiro atoms. The summed E-state index contributed by atoms with van der Waals surface area (Å²) < 4.78 is 26.4. The summed E-state index contributed by atoms with van der Waals surface area (Å²) in [7, 11) is -4.84. The summed E-state index contributed by atoms with van der Waals surface area (Å²) >= 11 is 0. The van der Waals surface area contributed by atoms with E-state index in [0.29, 0.717) is 35.8 Å². The van der Waals surface area contributed by atoms with E-state index in [1.807, 2.05) is 115 Å². The van der Waals surface area contributed by atoms with Crippen LogP contribution in [-0.4, -0.2) is 4.60 Å². The minimum atomic E-state index is -3.24. The van der Waals surface area contributed by atoms with Crippen LogP contribution in [0.2, 0.25) is 0 Å². The molecule has 2 atom stereocenters. The largest absolute Gasteiger partial charge is 0.447 e. The van der Waals surface area contributed by atoms with E-state index in [4.69, 9.17) is 22.9 Å². The standard InChI is InChI=1S/C33H32N2O4P2/c1-4-16-27-25-26-33(32(18-6-3)31(27)17-5-2)39-41(38-30-23-14-9-15-24-30)34-40(37-29-21-12-8-13-22-29)35(41)36-28-19-10-7-11-20-28/h4-15,19-26H,1-3,16-18H2. The molecule has 41 heavy (non-hydrogen) atoms. The van der Waals surface area contributed by atoms with Crippen LogP contribution in [0.5, 0.6) is 23.0 Å². The van der Waals surface area contributed by atoms with Gasteiger partial charge in [-0.25, -0.2) is 0 Å². The van der Waals surface area contributed by atoms with Crippen LogP contribution in [0.15, 0.2) is 146 Å². The fourth-order valence-corrected chi connectivity index (χ4v) is 8.66. The molecule has 0 amide bonds. The van der Waals surface area contributed by atoms with Gasteiger partial charge in [-0.05, 0) is 72.9 Å². The average Bonchev–Trinajstić information content (AvgIpc) is 3.00. The predicted octanol–water partition coefficient (Wildman–Crippen LogP) is 9.89. The Labute approximate surface area is 243 Å². The highest BCUT2D eigenvalue weighted by Crippen LogP contribution is 2.77. The number of para-hydroxylation sites is 3. The smallest absolute Gasteiger partial charge is 0.437 e. The lowest BCUT2D eigenvalue weighted by Crippen LogP contribution is -2.32. The molecule has 0 fully saturated rings. The van der Waals surface area contributed by atoms with Crippen molar-refractivity contribution >= 4 is 16.1 Å². The van der Waals surface area contributed by atoms with Crippen LogP contribution in [0.4, 0.5) is 0 Å². The van der Waals surface area contributed by atoms with E-state index < -0.39 is 16.1 Å². The summed E-state index contributed by atoms with van der Waals surface area (Å²) in [6.07, 6.45) is 7.69. The molecule has 0 saturated heterocycles. The van der Waals surface area contributed by atoms with Crippen molar-refractivity contribution < 1.29 is 18.4 Å². The first-order valence-electron chi connectivity index (χ1n) is 13.2. The van der Waals surface area contributed by atoms with E-state index >= 15 is 0 Å². The summed E-state index contributed by atoms with van der Waals surface area (Å²) in [6.45, 7) is 11.9. The highest BCUT2D eigenvalue weighted by molar-refractivity contribution is 7.78.